The van der Waals surface area contributed by atoms with E-state index in [0.717, 1.165) is 0 Å². The van der Waals surface area contributed by atoms with Crippen LogP contribution in [0.5, 0.6) is 0 Å². The van der Waals surface area contributed by atoms with Gasteiger partial charge in [0.2, 0.25) is 0 Å². The van der Waals surface area contributed by atoms with Gasteiger partial charge in [-0.25, -0.2) is 4.79 Å². The molecule has 0 bridgehead atoms. The van der Waals surface area contributed by atoms with Crippen molar-refractivity contribution in [1.82, 2.24) is 10.2 Å². The summed E-state index contributed by atoms with van der Waals surface area (Å²) in [7, 11) is 1.95. The number of carbonyl (C=O) groups is 1. The van der Waals surface area contributed by atoms with Crippen LogP contribution in [-0.2, 0) is 4.74 Å². The molecule has 0 saturated carbocycles. The molecule has 1 amide bonds. The standard InChI is InChI=1S/C11H22N2O3/c1-10(2,3)16-9(14)12-6-5-11(15)7-13(4)8-11/h15H,5-8H2,1-4H3,(H,12,14). The first-order valence-electron chi connectivity index (χ1n) is 5.58. The number of likely N-dealkylation sites (tertiary alicyclic amines) is 1. The quantitative estimate of drug-likeness (QED) is 0.744. The number of nitrogens with zero attached hydrogens (tertiary/aromatic N) is 1. The summed E-state index contributed by atoms with van der Waals surface area (Å²) < 4.78 is 5.08. The van der Waals surface area contributed by atoms with Gasteiger partial charge in [-0.3, -0.25) is 0 Å². The molecule has 0 aliphatic carbocycles. The molecule has 5 nitrogen and oxygen atoms in total. The Bertz CT molecular complexity index is 254. The molecule has 2 N–H and O–H groups in total. The van der Waals surface area contributed by atoms with Crippen molar-refractivity contribution in [2.24, 2.45) is 0 Å². The molecule has 0 aromatic carbocycles. The lowest BCUT2D eigenvalue weighted by atomic mass is 9.91. The van der Waals surface area contributed by atoms with E-state index in [1.807, 2.05) is 32.7 Å². The van der Waals surface area contributed by atoms with E-state index in [2.05, 4.69) is 5.32 Å². The summed E-state index contributed by atoms with van der Waals surface area (Å²) in [4.78, 5) is 13.3. The van der Waals surface area contributed by atoms with E-state index in [1.165, 1.54) is 0 Å². The van der Waals surface area contributed by atoms with E-state index < -0.39 is 17.3 Å². The number of likely N-dealkylation sites (N-methyl/N-ethyl adjacent to an activating group) is 1. The molecule has 94 valence electrons. The van der Waals surface area contributed by atoms with Gasteiger partial charge in [0.25, 0.3) is 0 Å². The van der Waals surface area contributed by atoms with Crippen LogP contribution in [0.3, 0.4) is 0 Å². The highest BCUT2D eigenvalue weighted by Crippen LogP contribution is 2.21. The van der Waals surface area contributed by atoms with Gasteiger partial charge in [0.1, 0.15) is 5.60 Å². The molecule has 1 saturated heterocycles. The van der Waals surface area contributed by atoms with Gasteiger partial charge in [-0.1, -0.05) is 0 Å². The van der Waals surface area contributed by atoms with Gasteiger partial charge in [-0.2, -0.15) is 0 Å². The molecule has 1 rings (SSSR count). The van der Waals surface area contributed by atoms with Crippen molar-refractivity contribution in [3.63, 3.8) is 0 Å². The Balaban J connectivity index is 2.14. The van der Waals surface area contributed by atoms with E-state index in [-0.39, 0.29) is 0 Å². The normalized spacial score (nSPS) is 20.1. The number of alkyl carbamates (subject to hydrolysis) is 1. The van der Waals surface area contributed by atoms with Crippen LogP contribution in [0.25, 0.3) is 0 Å². The molecule has 0 unspecified atom stereocenters. The van der Waals surface area contributed by atoms with Gasteiger partial charge < -0.3 is 20.1 Å². The summed E-state index contributed by atoms with van der Waals surface area (Å²) in [5.41, 5.74) is -1.11. The fourth-order valence-electron chi connectivity index (χ4n) is 1.83. The average Bonchev–Trinajstić information content (AvgIpc) is 1.97. The molecule has 0 spiro atoms. The highest BCUT2D eigenvalue weighted by molar-refractivity contribution is 5.67. The summed E-state index contributed by atoms with van der Waals surface area (Å²) in [6, 6.07) is 0. The maximum Gasteiger partial charge on any atom is 0.407 e. The Morgan fingerprint density at radius 2 is 2.06 bits per heavy atom. The van der Waals surface area contributed by atoms with Crippen LogP contribution in [0.2, 0.25) is 0 Å². The second kappa shape index (κ2) is 4.59. The molecule has 0 aromatic heterocycles. The van der Waals surface area contributed by atoms with Gasteiger partial charge in [0.15, 0.2) is 0 Å². The lowest BCUT2D eigenvalue weighted by molar-refractivity contribution is -0.0901. The van der Waals surface area contributed by atoms with Gasteiger partial charge in [-0.05, 0) is 34.2 Å². The van der Waals surface area contributed by atoms with Crippen LogP contribution >= 0.6 is 0 Å². The number of amides is 1. The monoisotopic (exact) mass is 230 g/mol. The third-order valence-electron chi connectivity index (χ3n) is 2.39. The minimum Gasteiger partial charge on any atom is -0.444 e. The molecule has 1 heterocycles. The van der Waals surface area contributed by atoms with Crippen LogP contribution in [0, 0.1) is 0 Å². The van der Waals surface area contributed by atoms with Crippen LogP contribution in [0.15, 0.2) is 0 Å². The summed E-state index contributed by atoms with van der Waals surface area (Å²) in [6.45, 7) is 7.24. The van der Waals surface area contributed by atoms with Crippen molar-refractivity contribution < 1.29 is 14.6 Å². The number of ether oxygens (including phenoxy) is 1. The Morgan fingerprint density at radius 3 is 2.50 bits per heavy atom. The Labute approximate surface area is 96.8 Å². The minimum absolute atomic E-state index is 0.427. The lowest BCUT2D eigenvalue weighted by Gasteiger charge is -2.44. The van der Waals surface area contributed by atoms with Crippen molar-refractivity contribution in [3.05, 3.63) is 0 Å². The molecule has 0 radical (unpaired) electrons. The van der Waals surface area contributed by atoms with Gasteiger partial charge in [-0.15, -0.1) is 0 Å². The second-order valence-electron chi connectivity index (χ2n) is 5.58. The van der Waals surface area contributed by atoms with Crippen LogP contribution in [-0.4, -0.2) is 54.0 Å². The minimum atomic E-state index is -0.635. The van der Waals surface area contributed by atoms with Crippen LogP contribution in [0.1, 0.15) is 27.2 Å². The highest BCUT2D eigenvalue weighted by atomic mass is 16.6. The maximum atomic E-state index is 11.3. The molecule has 1 aliphatic heterocycles. The Morgan fingerprint density at radius 1 is 1.50 bits per heavy atom. The number of nitrogens with one attached hydrogen (secondary N) is 1. The topological polar surface area (TPSA) is 61.8 Å². The van der Waals surface area contributed by atoms with Crippen molar-refractivity contribution >= 4 is 6.09 Å². The number of hydrogen-bond donors (Lipinski definition) is 2. The third kappa shape index (κ3) is 4.37. The van der Waals surface area contributed by atoms with Crippen molar-refractivity contribution in [2.75, 3.05) is 26.7 Å². The fourth-order valence-corrected chi connectivity index (χ4v) is 1.83. The first kappa shape index (κ1) is 13.3. The second-order valence-corrected chi connectivity index (χ2v) is 5.58. The summed E-state index contributed by atoms with van der Waals surface area (Å²) in [6.07, 6.45) is 0.139. The maximum absolute atomic E-state index is 11.3. The molecule has 16 heavy (non-hydrogen) atoms. The number of rotatable bonds is 3. The van der Waals surface area contributed by atoms with E-state index in [0.29, 0.717) is 26.1 Å². The summed E-state index contributed by atoms with van der Waals surface area (Å²) in [5, 5.41) is 12.5. The van der Waals surface area contributed by atoms with Crippen molar-refractivity contribution in [2.45, 2.75) is 38.4 Å². The third-order valence-corrected chi connectivity index (χ3v) is 2.39. The van der Waals surface area contributed by atoms with Gasteiger partial charge in [0, 0.05) is 19.6 Å². The van der Waals surface area contributed by atoms with Crippen LogP contribution < -0.4 is 5.32 Å². The van der Waals surface area contributed by atoms with E-state index in [1.54, 1.807) is 0 Å². The highest BCUT2D eigenvalue weighted by Gasteiger charge is 2.38. The summed E-state index contributed by atoms with van der Waals surface area (Å²) in [5.74, 6) is 0. The first-order valence-corrected chi connectivity index (χ1v) is 5.58. The molecule has 0 atom stereocenters. The molecule has 1 fully saturated rings. The number of β-amino-alcohol motifs (C(OH)–C–C–N with tert-alkyl or cyclic N) is 1. The molecule has 0 aromatic rings. The summed E-state index contributed by atoms with van der Waals surface area (Å²) >= 11 is 0. The van der Waals surface area contributed by atoms with Crippen LogP contribution in [0.4, 0.5) is 4.79 Å². The Kier molecular flexibility index (Phi) is 3.80. The van der Waals surface area contributed by atoms with Crippen molar-refractivity contribution in [1.29, 1.82) is 0 Å². The number of carbonyl (C=O) groups excluding carboxylic acids is 1. The molecular formula is C11H22N2O3. The largest absolute Gasteiger partial charge is 0.444 e. The van der Waals surface area contributed by atoms with E-state index in [9.17, 15) is 9.90 Å². The first-order chi connectivity index (χ1) is 7.20. The Hall–Kier alpha value is -0.810. The van der Waals surface area contributed by atoms with E-state index >= 15 is 0 Å². The zero-order chi connectivity index (χ0) is 12.4. The number of hydrogen-bond acceptors (Lipinski definition) is 4. The number of aliphatic hydroxyl groups is 1. The molecule has 5 heteroatoms. The SMILES string of the molecule is CN1CC(O)(CCNC(=O)OC(C)(C)C)C1. The molecule has 1 aliphatic rings. The lowest BCUT2D eigenvalue weighted by Crippen LogP contribution is -2.60. The predicted octanol–water partition coefficient (Wildman–Crippen LogP) is 0.578. The predicted molar refractivity (Wildman–Crippen MR) is 61.3 cm³/mol. The van der Waals surface area contributed by atoms with Gasteiger partial charge in [0.05, 0.1) is 5.60 Å². The average molecular weight is 230 g/mol. The zero-order valence-corrected chi connectivity index (χ0v) is 10.5. The smallest absolute Gasteiger partial charge is 0.407 e. The zero-order valence-electron chi connectivity index (χ0n) is 10.5. The fraction of sp³-hybridized carbons (Fsp3) is 0.909. The van der Waals surface area contributed by atoms with Gasteiger partial charge >= 0.3 is 6.09 Å². The van der Waals surface area contributed by atoms with E-state index in [4.69, 9.17) is 4.74 Å². The van der Waals surface area contributed by atoms with Crippen molar-refractivity contribution in [3.8, 4) is 0 Å². The molecular weight excluding hydrogens is 208 g/mol.